The summed E-state index contributed by atoms with van der Waals surface area (Å²) in [7, 11) is 0. The Morgan fingerprint density at radius 2 is 0.980 bits per heavy atom. The van der Waals surface area contributed by atoms with E-state index < -0.39 is 5.97 Å². The summed E-state index contributed by atoms with van der Waals surface area (Å²) in [6, 6.07) is 0. The molecule has 0 bridgehead atoms. The minimum Gasteiger partial charge on any atom is -0.481 e. The van der Waals surface area contributed by atoms with Gasteiger partial charge in [-0.25, -0.2) is 5.90 Å². The number of nitrogens with two attached hydrogens (primary N) is 1. The lowest BCUT2D eigenvalue weighted by atomic mass is 10.1. The van der Waals surface area contributed by atoms with Crippen molar-refractivity contribution in [3.8, 4) is 0 Å². The number of nitrogens with zero attached hydrogens (tertiary/aromatic N) is 1. The van der Waals surface area contributed by atoms with Crippen LogP contribution in [-0.2, 0) is 33.6 Å². The van der Waals surface area contributed by atoms with E-state index in [9.17, 15) is 24.0 Å². The molecule has 0 fully saturated rings. The van der Waals surface area contributed by atoms with Crippen LogP contribution < -0.4 is 16.5 Å². The van der Waals surface area contributed by atoms with Crippen molar-refractivity contribution in [3.63, 3.8) is 0 Å². The van der Waals surface area contributed by atoms with Crippen LogP contribution in [0.4, 0.5) is 0 Å². The summed E-state index contributed by atoms with van der Waals surface area (Å²) in [5, 5.41) is 18.1. The lowest BCUT2D eigenvalue weighted by Crippen LogP contribution is -2.23. The summed E-state index contributed by atoms with van der Waals surface area (Å²) in [5.74, 6) is 4.87. The molecule has 0 aliphatic carbocycles. The summed E-state index contributed by atoms with van der Waals surface area (Å²) in [6.07, 6.45) is 16.8. The summed E-state index contributed by atoms with van der Waals surface area (Å²) in [5.41, 5.74) is 0.982. The number of carboxylic acids is 1. The zero-order valence-electron chi connectivity index (χ0n) is 30.7. The van der Waals surface area contributed by atoms with E-state index in [-0.39, 0.29) is 71.6 Å². The molecule has 308 valence electrons. The van der Waals surface area contributed by atoms with Crippen molar-refractivity contribution in [3.05, 3.63) is 0 Å². The maximum absolute atomic E-state index is 11.5. The minimum atomic E-state index is -0.757. The molecule has 0 rings (SSSR count). The molecule has 0 saturated carbocycles. The van der Waals surface area contributed by atoms with Gasteiger partial charge in [0.2, 0.25) is 11.8 Å². The predicted octanol–water partition coefficient (Wildman–Crippen LogP) is 4.73. The van der Waals surface area contributed by atoms with E-state index in [1.54, 1.807) is 13.8 Å². The SMILES string of the molecule is C.CC(=O)CCCCCC(=O)O.CCCCNC(=O)CCCCC/C(C)=N\OCCCON.CCCCNC(=O)CCCCCC(C)=O.Cl.[SiH4].[SiH4]. The lowest BCUT2D eigenvalue weighted by Gasteiger charge is -2.04. The van der Waals surface area contributed by atoms with Gasteiger partial charge >= 0.3 is 5.97 Å². The Bertz CT molecular complexity index is 825. The van der Waals surface area contributed by atoms with Crippen molar-refractivity contribution in [1.29, 1.82) is 0 Å². The largest absolute Gasteiger partial charge is 0.481 e. The number of amides is 2. The van der Waals surface area contributed by atoms with Gasteiger partial charge in [-0.3, -0.25) is 14.4 Å². The lowest BCUT2D eigenvalue weighted by molar-refractivity contribution is -0.137. The van der Waals surface area contributed by atoms with Gasteiger partial charge < -0.3 is 35.0 Å². The monoisotopic (exact) mass is 789 g/mol. The van der Waals surface area contributed by atoms with Crippen LogP contribution in [-0.4, -0.2) is 88.4 Å². The molecule has 0 aromatic heterocycles. The first-order valence-corrected chi connectivity index (χ1v) is 17.7. The third-order valence-electron chi connectivity index (χ3n) is 6.72. The molecule has 51 heavy (non-hydrogen) atoms. The summed E-state index contributed by atoms with van der Waals surface area (Å²) < 4.78 is 0. The van der Waals surface area contributed by atoms with E-state index in [0.29, 0.717) is 45.3 Å². The number of carbonyl (C=O) groups is 5. The molecule has 15 heteroatoms. The van der Waals surface area contributed by atoms with Crippen molar-refractivity contribution in [2.24, 2.45) is 11.1 Å². The van der Waals surface area contributed by atoms with E-state index in [1.807, 2.05) is 6.92 Å². The standard InChI is InChI=1S/C15H31N3O3.C12H23NO2.C8H14O3.CH4.ClH.2H4Si/c1-3-4-11-17-15(19)10-7-5-6-9-14(2)18-21-13-8-12-20-16;1-3-4-10-13-12(15)9-7-5-6-8-11(2)14;1-7(9)5-3-2-4-6-8(10)11;;;;/h3-13,16H2,1-2H3,(H,17,19);3-10H2,1-2H3,(H,13,15);2-6H2,1H3,(H,10,11);1H4;1H;2*1H4/b18-14-;;;;;;. The van der Waals surface area contributed by atoms with Crippen LogP contribution >= 0.6 is 12.4 Å². The number of unbranched alkanes of at least 4 members (excludes halogenated alkanes) is 8. The summed E-state index contributed by atoms with van der Waals surface area (Å²) >= 11 is 0. The zero-order chi connectivity index (χ0) is 36.0. The Morgan fingerprint density at radius 3 is 1.35 bits per heavy atom. The number of halogens is 1. The van der Waals surface area contributed by atoms with Gasteiger partial charge in [0, 0.05) is 51.6 Å². The highest BCUT2D eigenvalue weighted by atomic mass is 35.5. The molecule has 0 radical (unpaired) electrons. The Hall–Kier alpha value is -2.14. The van der Waals surface area contributed by atoms with Crippen molar-refractivity contribution in [1.82, 2.24) is 10.6 Å². The third kappa shape index (κ3) is 66.7. The van der Waals surface area contributed by atoms with Gasteiger partial charge in [0.15, 0.2) is 0 Å². The number of hydrogen-bond donors (Lipinski definition) is 4. The normalized spacial score (nSPS) is 9.73. The average Bonchev–Trinajstić information content (AvgIpc) is 3.01. The van der Waals surface area contributed by atoms with Crippen LogP contribution in [0.5, 0.6) is 0 Å². The van der Waals surface area contributed by atoms with Crippen LogP contribution in [0.1, 0.15) is 170 Å². The Balaban J connectivity index is -0.000000115. The summed E-state index contributed by atoms with van der Waals surface area (Å²) in [4.78, 5) is 63.4. The van der Waals surface area contributed by atoms with E-state index in [0.717, 1.165) is 109 Å². The second-order valence-corrected chi connectivity index (χ2v) is 11.8. The fourth-order valence-corrected chi connectivity index (χ4v) is 3.90. The van der Waals surface area contributed by atoms with E-state index in [1.165, 1.54) is 0 Å². The Morgan fingerprint density at radius 1 is 0.588 bits per heavy atom. The van der Waals surface area contributed by atoms with Gasteiger partial charge in [-0.05, 0) is 100 Å². The van der Waals surface area contributed by atoms with Crippen LogP contribution in [0.25, 0.3) is 0 Å². The molecule has 0 atom stereocenters. The topological polar surface area (TPSA) is 186 Å². The first-order chi connectivity index (χ1) is 22.5. The highest BCUT2D eigenvalue weighted by molar-refractivity contribution is 5.85. The fraction of sp³-hybridized carbons (Fsp3) is 0.833. The molecule has 0 spiro atoms. The van der Waals surface area contributed by atoms with E-state index in [4.69, 9.17) is 15.8 Å². The fourth-order valence-electron chi connectivity index (χ4n) is 3.90. The van der Waals surface area contributed by atoms with Gasteiger partial charge in [0.25, 0.3) is 0 Å². The Kier molecular flexibility index (Phi) is 65.4. The van der Waals surface area contributed by atoms with Gasteiger partial charge in [-0.2, -0.15) is 0 Å². The number of oxime groups is 1. The number of carbonyl (C=O) groups excluding carboxylic acids is 4. The number of carboxylic acid groups (broad SMARTS) is 1. The van der Waals surface area contributed by atoms with E-state index in [2.05, 4.69) is 34.5 Å². The highest BCUT2D eigenvalue weighted by Gasteiger charge is 2.02. The molecular formula is C36H81ClN4O8Si2. The number of rotatable bonds is 29. The number of aliphatic carboxylic acids is 1. The second kappa shape index (κ2) is 52.2. The molecule has 5 N–H and O–H groups in total. The van der Waals surface area contributed by atoms with Gasteiger partial charge in [0.05, 0.1) is 12.3 Å². The maximum atomic E-state index is 11.5. The zero-order valence-corrected chi connectivity index (χ0v) is 31.5. The van der Waals surface area contributed by atoms with Gasteiger partial charge in [0.1, 0.15) is 18.2 Å². The Labute approximate surface area is 325 Å². The van der Waals surface area contributed by atoms with Crippen LogP contribution in [0.15, 0.2) is 5.16 Å². The number of Topliss-reactive ketones (excluding diaryl/α,β-unsaturated/α-hetero) is 2. The molecule has 0 heterocycles. The molecule has 0 saturated heterocycles. The molecular weight excluding hydrogens is 708 g/mol. The van der Waals surface area contributed by atoms with Crippen molar-refractivity contribution < 1.29 is 38.8 Å². The quantitative estimate of drug-likeness (QED) is 0.0360. The number of ketones is 2. The molecule has 12 nitrogen and oxygen atoms in total. The highest BCUT2D eigenvalue weighted by Crippen LogP contribution is 2.06. The minimum absolute atomic E-state index is 0. The van der Waals surface area contributed by atoms with Crippen molar-refractivity contribution >= 4 is 69.4 Å². The molecule has 0 aliphatic heterocycles. The molecule has 0 aromatic carbocycles. The van der Waals surface area contributed by atoms with Gasteiger partial charge in [-0.15, -0.1) is 12.4 Å². The molecule has 0 unspecified atom stereocenters. The smallest absolute Gasteiger partial charge is 0.303 e. The number of nitrogens with one attached hydrogen (secondary N) is 2. The first-order valence-electron chi connectivity index (χ1n) is 17.7. The van der Waals surface area contributed by atoms with E-state index >= 15 is 0 Å². The van der Waals surface area contributed by atoms with Crippen LogP contribution in [0.3, 0.4) is 0 Å². The van der Waals surface area contributed by atoms with Crippen LogP contribution in [0, 0.1) is 0 Å². The maximum Gasteiger partial charge on any atom is 0.303 e. The molecule has 0 aromatic rings. The summed E-state index contributed by atoms with van der Waals surface area (Å²) in [6.45, 7) is 11.9. The van der Waals surface area contributed by atoms with Crippen molar-refractivity contribution in [2.45, 2.75) is 170 Å². The number of hydrogen-bond acceptors (Lipinski definition) is 9. The molecule has 0 aliphatic rings. The average molecular weight is 790 g/mol. The second-order valence-electron chi connectivity index (χ2n) is 11.8. The van der Waals surface area contributed by atoms with Crippen LogP contribution in [0.2, 0.25) is 0 Å². The van der Waals surface area contributed by atoms with Gasteiger partial charge in [-0.1, -0.05) is 58.5 Å². The first kappa shape index (κ1) is 63.9. The third-order valence-corrected chi connectivity index (χ3v) is 6.72. The molecule has 2 amide bonds. The van der Waals surface area contributed by atoms with Crippen molar-refractivity contribution in [2.75, 3.05) is 26.3 Å². The predicted molar refractivity (Wildman–Crippen MR) is 225 cm³/mol.